The van der Waals surface area contributed by atoms with Crippen LogP contribution in [0.5, 0.6) is 0 Å². The fraction of sp³-hybridized carbons (Fsp3) is 0.400. The zero-order valence-electron chi connectivity index (χ0n) is 8.88. The average molecular weight is 289 g/mol. The van der Waals surface area contributed by atoms with Crippen molar-refractivity contribution in [3.63, 3.8) is 0 Å². The Balaban J connectivity index is 2.33. The molecule has 0 radical (unpaired) electrons. The molecule has 0 fully saturated rings. The number of nitrogens with one attached hydrogen (secondary N) is 2. The molecule has 5 nitrogen and oxygen atoms in total. The predicted molar refractivity (Wildman–Crippen MR) is 62.0 cm³/mol. The van der Waals surface area contributed by atoms with E-state index >= 15 is 0 Å². The molecule has 0 aliphatic carbocycles. The molecule has 88 valence electrons. The van der Waals surface area contributed by atoms with Crippen LogP contribution in [0.1, 0.15) is 23.9 Å². The van der Waals surface area contributed by atoms with Crippen LogP contribution in [0.2, 0.25) is 0 Å². The Morgan fingerprint density at radius 3 is 2.69 bits per heavy atom. The van der Waals surface area contributed by atoms with Gasteiger partial charge in [-0.15, -0.1) is 0 Å². The van der Waals surface area contributed by atoms with Gasteiger partial charge in [0.1, 0.15) is 0 Å². The van der Waals surface area contributed by atoms with Crippen molar-refractivity contribution in [2.75, 3.05) is 13.1 Å². The number of carbonyl (C=O) groups is 2. The van der Waals surface area contributed by atoms with Crippen LogP contribution in [0, 0.1) is 0 Å². The number of amides is 2. The lowest BCUT2D eigenvalue weighted by Crippen LogP contribution is -2.37. The lowest BCUT2D eigenvalue weighted by atomic mass is 10.4. The lowest BCUT2D eigenvalue weighted by Gasteiger charge is -2.04. The van der Waals surface area contributed by atoms with Gasteiger partial charge in [-0.05, 0) is 34.5 Å². The molecule has 0 aromatic carbocycles. The maximum atomic E-state index is 11.4. The highest BCUT2D eigenvalue weighted by Crippen LogP contribution is 2.13. The second-order valence-corrected chi connectivity index (χ2v) is 3.92. The van der Waals surface area contributed by atoms with Gasteiger partial charge in [0, 0.05) is 6.54 Å². The number of halogens is 1. The van der Waals surface area contributed by atoms with Gasteiger partial charge in [0.2, 0.25) is 5.91 Å². The van der Waals surface area contributed by atoms with E-state index in [4.69, 9.17) is 4.42 Å². The summed E-state index contributed by atoms with van der Waals surface area (Å²) >= 11 is 3.09. The molecule has 1 rings (SSSR count). The van der Waals surface area contributed by atoms with Gasteiger partial charge < -0.3 is 15.1 Å². The Bertz CT molecular complexity index is 376. The first-order valence-corrected chi connectivity index (χ1v) is 5.73. The summed E-state index contributed by atoms with van der Waals surface area (Å²) in [5.41, 5.74) is 0. The summed E-state index contributed by atoms with van der Waals surface area (Å²) in [5.74, 6) is -0.437. The van der Waals surface area contributed by atoms with Gasteiger partial charge in [-0.2, -0.15) is 0 Å². The summed E-state index contributed by atoms with van der Waals surface area (Å²) < 4.78 is 5.51. The summed E-state index contributed by atoms with van der Waals surface area (Å²) in [6.45, 7) is 2.53. The van der Waals surface area contributed by atoms with Crippen LogP contribution in [0.15, 0.2) is 21.2 Å². The smallest absolute Gasteiger partial charge is 0.287 e. The minimum absolute atomic E-state index is 0.0445. The molecular weight excluding hydrogens is 276 g/mol. The molecule has 0 unspecified atom stereocenters. The van der Waals surface area contributed by atoms with Crippen LogP contribution in [0.25, 0.3) is 0 Å². The third kappa shape index (κ3) is 4.06. The minimum Gasteiger partial charge on any atom is -0.444 e. The fourth-order valence-corrected chi connectivity index (χ4v) is 1.32. The minimum atomic E-state index is -0.405. The Hall–Kier alpha value is -1.30. The molecule has 1 heterocycles. The topological polar surface area (TPSA) is 71.3 Å². The maximum absolute atomic E-state index is 11.4. The molecule has 6 heteroatoms. The van der Waals surface area contributed by atoms with Crippen LogP contribution < -0.4 is 10.6 Å². The number of carbonyl (C=O) groups excluding carboxylic acids is 2. The van der Waals surface area contributed by atoms with E-state index in [-0.39, 0.29) is 18.2 Å². The first kappa shape index (κ1) is 12.8. The van der Waals surface area contributed by atoms with Crippen LogP contribution in [0.4, 0.5) is 0 Å². The van der Waals surface area contributed by atoms with Crippen LogP contribution in [0.3, 0.4) is 0 Å². The number of rotatable bonds is 5. The molecule has 0 spiro atoms. The van der Waals surface area contributed by atoms with E-state index in [1.165, 1.54) is 6.07 Å². The largest absolute Gasteiger partial charge is 0.444 e. The number of hydrogen-bond acceptors (Lipinski definition) is 3. The van der Waals surface area contributed by atoms with Crippen molar-refractivity contribution in [1.82, 2.24) is 10.6 Å². The van der Waals surface area contributed by atoms with Crippen molar-refractivity contribution in [3.8, 4) is 0 Å². The number of furan rings is 1. The Morgan fingerprint density at radius 2 is 2.12 bits per heavy atom. The van der Waals surface area contributed by atoms with Crippen molar-refractivity contribution in [2.45, 2.75) is 13.3 Å². The fourth-order valence-electron chi connectivity index (χ4n) is 1.01. The van der Waals surface area contributed by atoms with E-state index in [0.717, 1.165) is 6.42 Å². The second-order valence-electron chi connectivity index (χ2n) is 3.14. The molecule has 0 saturated carbocycles. The Kier molecular flexibility index (Phi) is 5.04. The molecule has 0 saturated heterocycles. The van der Waals surface area contributed by atoms with Crippen molar-refractivity contribution in [1.29, 1.82) is 0 Å². The quantitative estimate of drug-likeness (QED) is 0.858. The first-order valence-electron chi connectivity index (χ1n) is 4.93. The molecule has 1 aromatic rings. The monoisotopic (exact) mass is 288 g/mol. The summed E-state index contributed by atoms with van der Waals surface area (Å²) in [6.07, 6.45) is 0.866. The lowest BCUT2D eigenvalue weighted by molar-refractivity contribution is -0.120. The van der Waals surface area contributed by atoms with Crippen molar-refractivity contribution in [3.05, 3.63) is 22.6 Å². The first-order chi connectivity index (χ1) is 7.63. The highest BCUT2D eigenvalue weighted by atomic mass is 79.9. The van der Waals surface area contributed by atoms with Gasteiger partial charge in [-0.1, -0.05) is 6.92 Å². The van der Waals surface area contributed by atoms with E-state index in [0.29, 0.717) is 11.2 Å². The molecular formula is C10H13BrN2O3. The van der Waals surface area contributed by atoms with Crippen molar-refractivity contribution < 1.29 is 14.0 Å². The Labute approximate surface area is 102 Å². The Morgan fingerprint density at radius 1 is 1.38 bits per heavy atom. The molecule has 0 bridgehead atoms. The van der Waals surface area contributed by atoms with Gasteiger partial charge >= 0.3 is 0 Å². The van der Waals surface area contributed by atoms with Crippen LogP contribution in [-0.4, -0.2) is 24.9 Å². The molecule has 0 atom stereocenters. The summed E-state index contributed by atoms with van der Waals surface area (Å²) in [5, 5.41) is 5.11. The van der Waals surface area contributed by atoms with E-state index in [9.17, 15) is 9.59 Å². The predicted octanol–water partition coefficient (Wildman–Crippen LogP) is 1.30. The van der Waals surface area contributed by atoms with Crippen LogP contribution in [-0.2, 0) is 4.79 Å². The second kappa shape index (κ2) is 6.32. The summed E-state index contributed by atoms with van der Waals surface area (Å²) in [4.78, 5) is 22.6. The maximum Gasteiger partial charge on any atom is 0.287 e. The van der Waals surface area contributed by atoms with E-state index in [2.05, 4.69) is 26.6 Å². The van der Waals surface area contributed by atoms with Gasteiger partial charge in [-0.3, -0.25) is 9.59 Å². The third-order valence-corrected chi connectivity index (χ3v) is 2.20. The molecule has 16 heavy (non-hydrogen) atoms. The SMILES string of the molecule is CCCNC(=O)CNC(=O)c1ccc(Br)o1. The zero-order valence-corrected chi connectivity index (χ0v) is 10.5. The molecule has 0 aliphatic rings. The third-order valence-electron chi connectivity index (χ3n) is 1.78. The van der Waals surface area contributed by atoms with E-state index < -0.39 is 5.91 Å². The van der Waals surface area contributed by atoms with Gasteiger partial charge in [0.05, 0.1) is 6.54 Å². The zero-order chi connectivity index (χ0) is 12.0. The highest BCUT2D eigenvalue weighted by Gasteiger charge is 2.11. The number of hydrogen-bond donors (Lipinski definition) is 2. The van der Waals surface area contributed by atoms with Gasteiger partial charge in [0.25, 0.3) is 5.91 Å². The highest BCUT2D eigenvalue weighted by molar-refractivity contribution is 9.10. The van der Waals surface area contributed by atoms with Crippen molar-refractivity contribution >= 4 is 27.7 Å². The molecule has 2 amide bonds. The van der Waals surface area contributed by atoms with Crippen LogP contribution >= 0.6 is 15.9 Å². The standard InChI is InChI=1S/C10H13BrN2O3/c1-2-5-12-9(14)6-13-10(15)7-3-4-8(11)16-7/h3-4H,2,5-6H2,1H3,(H,12,14)(H,13,15). The summed E-state index contributed by atoms with van der Waals surface area (Å²) in [7, 11) is 0. The molecule has 1 aromatic heterocycles. The molecule has 0 aliphatic heterocycles. The van der Waals surface area contributed by atoms with Crippen molar-refractivity contribution in [2.24, 2.45) is 0 Å². The van der Waals surface area contributed by atoms with E-state index in [1.54, 1.807) is 6.07 Å². The van der Waals surface area contributed by atoms with Gasteiger partial charge in [0.15, 0.2) is 10.4 Å². The average Bonchev–Trinajstić information content (AvgIpc) is 2.69. The van der Waals surface area contributed by atoms with E-state index in [1.807, 2.05) is 6.92 Å². The normalized spacial score (nSPS) is 9.88. The van der Waals surface area contributed by atoms with Gasteiger partial charge in [-0.25, -0.2) is 0 Å². The summed E-state index contributed by atoms with van der Waals surface area (Å²) in [6, 6.07) is 3.15. The molecule has 2 N–H and O–H groups in total.